The number of carboxylic acids is 1. The first-order valence-electron chi connectivity index (χ1n) is 15.0. The SMILES string of the molecule is CC(C)C[C@H](N)C(=O)N(C(=O)N1CCCCCC1)[C@H](Cc1c[nH]c2ccccc12)c1nc(C(=O)O)c(-c2ccccc2)o1. The maximum Gasteiger partial charge on any atom is 0.358 e. The zero-order valence-electron chi connectivity index (χ0n) is 24.7. The molecule has 10 nitrogen and oxygen atoms in total. The van der Waals surface area contributed by atoms with E-state index in [1.54, 1.807) is 29.2 Å². The number of nitrogens with zero attached hydrogens (tertiary/aromatic N) is 3. The van der Waals surface area contributed by atoms with Gasteiger partial charge in [0.1, 0.15) is 6.04 Å². The van der Waals surface area contributed by atoms with Crippen molar-refractivity contribution in [3.8, 4) is 11.3 Å². The number of oxazole rings is 1. The Morgan fingerprint density at radius 2 is 1.70 bits per heavy atom. The van der Waals surface area contributed by atoms with Crippen molar-refractivity contribution in [1.29, 1.82) is 0 Å². The van der Waals surface area contributed by atoms with E-state index in [0.717, 1.165) is 42.1 Å². The number of carbonyl (C=O) groups excluding carboxylic acids is 2. The molecule has 0 saturated carbocycles. The van der Waals surface area contributed by atoms with E-state index in [9.17, 15) is 19.5 Å². The predicted octanol–water partition coefficient (Wildman–Crippen LogP) is 6.00. The van der Waals surface area contributed by atoms with Crippen molar-refractivity contribution in [3.63, 3.8) is 0 Å². The summed E-state index contributed by atoms with van der Waals surface area (Å²) in [6.07, 6.45) is 6.04. The maximum atomic E-state index is 14.4. The minimum atomic E-state index is -1.27. The predicted molar refractivity (Wildman–Crippen MR) is 163 cm³/mol. The lowest BCUT2D eigenvalue weighted by molar-refractivity contribution is -0.133. The van der Waals surface area contributed by atoms with Crippen LogP contribution in [0, 0.1) is 5.92 Å². The van der Waals surface area contributed by atoms with Gasteiger partial charge in [0.15, 0.2) is 11.5 Å². The van der Waals surface area contributed by atoms with E-state index < -0.39 is 30.0 Å². The normalized spacial score (nSPS) is 15.3. The Morgan fingerprint density at radius 1 is 1.02 bits per heavy atom. The summed E-state index contributed by atoms with van der Waals surface area (Å²) in [5.41, 5.74) is 8.42. The topological polar surface area (TPSA) is 146 Å². The molecular formula is C33H39N5O5. The van der Waals surface area contributed by atoms with Crippen LogP contribution in [-0.2, 0) is 11.2 Å². The van der Waals surface area contributed by atoms with Crippen molar-refractivity contribution in [2.75, 3.05) is 13.1 Å². The van der Waals surface area contributed by atoms with Gasteiger partial charge < -0.3 is 25.1 Å². The number of hydrogen-bond acceptors (Lipinski definition) is 6. The minimum Gasteiger partial charge on any atom is -0.476 e. The number of imide groups is 1. The van der Waals surface area contributed by atoms with Crippen LogP contribution >= 0.6 is 0 Å². The van der Waals surface area contributed by atoms with Crippen LogP contribution in [0.3, 0.4) is 0 Å². The summed E-state index contributed by atoms with van der Waals surface area (Å²) in [6, 6.07) is 14.1. The van der Waals surface area contributed by atoms with Crippen molar-refractivity contribution in [3.05, 3.63) is 77.9 Å². The van der Waals surface area contributed by atoms with Gasteiger partial charge in [-0.05, 0) is 36.8 Å². The number of fused-ring (bicyclic) bond motifs is 1. The second-order valence-electron chi connectivity index (χ2n) is 11.6. The van der Waals surface area contributed by atoms with E-state index >= 15 is 0 Å². The quantitative estimate of drug-likeness (QED) is 0.218. The second kappa shape index (κ2) is 13.2. The van der Waals surface area contributed by atoms with Gasteiger partial charge in [-0.2, -0.15) is 0 Å². The first kappa shape index (κ1) is 30.0. The Bertz CT molecular complexity index is 1570. The molecule has 4 aromatic rings. The molecular weight excluding hydrogens is 546 g/mol. The fourth-order valence-electron chi connectivity index (χ4n) is 5.79. The number of nitrogens with two attached hydrogens (primary N) is 1. The van der Waals surface area contributed by atoms with Gasteiger partial charge in [-0.3, -0.25) is 4.79 Å². The van der Waals surface area contributed by atoms with Crippen LogP contribution in [0.15, 0.2) is 65.2 Å². The summed E-state index contributed by atoms with van der Waals surface area (Å²) in [5, 5.41) is 11.0. The Balaban J connectivity index is 1.67. The molecule has 3 heterocycles. The zero-order valence-corrected chi connectivity index (χ0v) is 24.7. The van der Waals surface area contributed by atoms with Crippen LogP contribution in [0.2, 0.25) is 0 Å². The lowest BCUT2D eigenvalue weighted by atomic mass is 10.00. The Labute approximate surface area is 250 Å². The fourth-order valence-corrected chi connectivity index (χ4v) is 5.79. The minimum absolute atomic E-state index is 0.0326. The smallest absolute Gasteiger partial charge is 0.358 e. The first-order chi connectivity index (χ1) is 20.7. The summed E-state index contributed by atoms with van der Waals surface area (Å²) < 4.78 is 6.23. The third kappa shape index (κ3) is 6.64. The van der Waals surface area contributed by atoms with Crippen molar-refractivity contribution < 1.29 is 23.9 Å². The number of carbonyl (C=O) groups is 3. The number of urea groups is 1. The lowest BCUT2D eigenvalue weighted by Crippen LogP contribution is -2.54. The second-order valence-corrected chi connectivity index (χ2v) is 11.6. The van der Waals surface area contributed by atoms with E-state index in [1.807, 2.05) is 50.4 Å². The number of aromatic nitrogens is 2. The molecule has 1 fully saturated rings. The third-order valence-corrected chi connectivity index (χ3v) is 7.93. The van der Waals surface area contributed by atoms with Gasteiger partial charge in [0.25, 0.3) is 0 Å². The molecule has 1 aliphatic rings. The van der Waals surface area contributed by atoms with Gasteiger partial charge in [0, 0.05) is 42.2 Å². The van der Waals surface area contributed by atoms with Crippen molar-refractivity contribution in [1.82, 2.24) is 19.8 Å². The highest BCUT2D eigenvalue weighted by atomic mass is 16.4. The molecule has 1 aliphatic heterocycles. The number of benzene rings is 2. The van der Waals surface area contributed by atoms with Crippen LogP contribution in [-0.4, -0.2) is 61.9 Å². The van der Waals surface area contributed by atoms with Crippen molar-refractivity contribution >= 4 is 28.8 Å². The van der Waals surface area contributed by atoms with Crippen LogP contribution in [0.1, 0.15) is 73.9 Å². The summed E-state index contributed by atoms with van der Waals surface area (Å²) >= 11 is 0. The molecule has 0 spiro atoms. The molecule has 2 aromatic carbocycles. The zero-order chi connectivity index (χ0) is 30.5. The highest BCUT2D eigenvalue weighted by Crippen LogP contribution is 2.35. The summed E-state index contributed by atoms with van der Waals surface area (Å²) in [6.45, 7) is 4.97. The Kier molecular flexibility index (Phi) is 9.25. The Hall–Kier alpha value is -4.44. The van der Waals surface area contributed by atoms with E-state index in [1.165, 1.54) is 4.90 Å². The Morgan fingerprint density at radius 3 is 2.37 bits per heavy atom. The van der Waals surface area contributed by atoms with Gasteiger partial charge in [-0.15, -0.1) is 0 Å². The van der Waals surface area contributed by atoms with Gasteiger partial charge in [0.05, 0.1) is 6.04 Å². The summed E-state index contributed by atoms with van der Waals surface area (Å²) in [5.74, 6) is -1.66. The van der Waals surface area contributed by atoms with Gasteiger partial charge in [-0.1, -0.05) is 75.2 Å². The number of likely N-dealkylation sites (tertiary alicyclic amines) is 1. The highest BCUT2D eigenvalue weighted by Gasteiger charge is 2.40. The average molecular weight is 586 g/mol. The molecule has 2 aromatic heterocycles. The van der Waals surface area contributed by atoms with Crippen LogP contribution < -0.4 is 5.73 Å². The monoisotopic (exact) mass is 585 g/mol. The number of H-pyrrole nitrogens is 1. The van der Waals surface area contributed by atoms with Gasteiger partial charge in [0.2, 0.25) is 11.8 Å². The molecule has 2 atom stereocenters. The number of para-hydroxylation sites is 1. The van der Waals surface area contributed by atoms with Crippen molar-refractivity contribution in [2.24, 2.45) is 11.7 Å². The first-order valence-corrected chi connectivity index (χ1v) is 15.0. The largest absolute Gasteiger partial charge is 0.476 e. The molecule has 1 saturated heterocycles. The van der Waals surface area contributed by atoms with Crippen LogP contribution in [0.25, 0.3) is 22.2 Å². The maximum absolute atomic E-state index is 14.4. The van der Waals surface area contributed by atoms with Crippen molar-refractivity contribution in [2.45, 2.75) is 64.5 Å². The highest BCUT2D eigenvalue weighted by molar-refractivity contribution is 5.98. The third-order valence-electron chi connectivity index (χ3n) is 7.93. The number of aromatic carboxylic acids is 1. The van der Waals surface area contributed by atoms with E-state index in [4.69, 9.17) is 10.2 Å². The summed E-state index contributed by atoms with van der Waals surface area (Å²) in [7, 11) is 0. The molecule has 0 unspecified atom stereocenters. The molecule has 0 bridgehead atoms. The molecule has 0 aliphatic carbocycles. The van der Waals surface area contributed by atoms with Crippen LogP contribution in [0.5, 0.6) is 0 Å². The molecule has 3 amide bonds. The number of nitrogens with one attached hydrogen (secondary N) is 1. The molecule has 0 radical (unpaired) electrons. The molecule has 226 valence electrons. The number of hydrogen-bond donors (Lipinski definition) is 3. The molecule has 10 heteroatoms. The number of aromatic amines is 1. The van der Waals surface area contributed by atoms with E-state index in [-0.39, 0.29) is 29.7 Å². The van der Waals surface area contributed by atoms with E-state index in [0.29, 0.717) is 25.1 Å². The molecule has 5 rings (SSSR count). The molecule has 4 N–H and O–H groups in total. The van der Waals surface area contributed by atoms with E-state index in [2.05, 4.69) is 9.97 Å². The fraction of sp³-hybridized carbons (Fsp3) is 0.394. The number of amides is 3. The standard InChI is InChI=1S/C33H39N5O5/c1-21(2)18-25(34)31(39)38(33(42)37-16-10-3-4-11-17-37)27(19-23-20-35-26-15-9-8-14-24(23)26)30-36-28(32(40)41)29(43-30)22-12-6-5-7-13-22/h5-9,12-15,20-21,25,27,35H,3-4,10-11,16-19,34H2,1-2H3,(H,40,41)/t25-,27+/m0/s1. The number of carboxylic acid groups (broad SMARTS) is 1. The van der Waals surface area contributed by atoms with Gasteiger partial charge in [-0.25, -0.2) is 19.5 Å². The van der Waals surface area contributed by atoms with Crippen LogP contribution in [0.4, 0.5) is 4.79 Å². The average Bonchev–Trinajstić information content (AvgIpc) is 3.52. The molecule has 43 heavy (non-hydrogen) atoms. The summed E-state index contributed by atoms with van der Waals surface area (Å²) in [4.78, 5) is 51.5. The lowest BCUT2D eigenvalue weighted by Gasteiger charge is -2.34. The number of rotatable bonds is 9. The van der Waals surface area contributed by atoms with Gasteiger partial charge >= 0.3 is 12.0 Å².